The fraction of sp³-hybridized carbons (Fsp3) is 0.667. The van der Waals surface area contributed by atoms with Gasteiger partial charge in [0.1, 0.15) is 0 Å². The van der Waals surface area contributed by atoms with Gasteiger partial charge >= 0.3 is 0 Å². The summed E-state index contributed by atoms with van der Waals surface area (Å²) in [5.74, 6) is 0. The fourth-order valence-corrected chi connectivity index (χ4v) is 1.34. The largest absolute Gasteiger partial charge is 0.337 e. The molecule has 0 unspecified atom stereocenters. The van der Waals surface area contributed by atoms with Gasteiger partial charge in [-0.15, -0.1) is 0 Å². The van der Waals surface area contributed by atoms with E-state index in [-0.39, 0.29) is 5.41 Å². The monoisotopic (exact) mass is 220 g/mol. The molecule has 4 nitrogen and oxygen atoms in total. The molecular weight excluding hydrogens is 200 g/mol. The van der Waals surface area contributed by atoms with Crippen LogP contribution in [-0.2, 0) is 13.1 Å². The molecule has 0 bridgehead atoms. The summed E-state index contributed by atoms with van der Waals surface area (Å²) < 4.78 is 2.05. The fourth-order valence-electron chi connectivity index (χ4n) is 1.34. The van der Waals surface area contributed by atoms with Gasteiger partial charge in [0.05, 0.1) is 23.5 Å². The van der Waals surface area contributed by atoms with Crippen molar-refractivity contribution in [3.8, 4) is 6.07 Å². The van der Waals surface area contributed by atoms with Crippen molar-refractivity contribution in [2.24, 2.45) is 5.41 Å². The first-order chi connectivity index (χ1) is 7.57. The zero-order valence-corrected chi connectivity index (χ0v) is 10.3. The Kier molecular flexibility index (Phi) is 4.51. The molecule has 88 valence electrons. The Morgan fingerprint density at radius 1 is 1.56 bits per heavy atom. The molecule has 1 aromatic heterocycles. The summed E-state index contributed by atoms with van der Waals surface area (Å²) in [6, 6.07) is 2.31. The maximum absolute atomic E-state index is 8.91. The minimum atomic E-state index is -0.258. The quantitative estimate of drug-likeness (QED) is 0.797. The van der Waals surface area contributed by atoms with Crippen LogP contribution >= 0.6 is 0 Å². The molecule has 0 saturated heterocycles. The van der Waals surface area contributed by atoms with Gasteiger partial charge in [-0.1, -0.05) is 6.92 Å². The van der Waals surface area contributed by atoms with Gasteiger partial charge in [-0.2, -0.15) is 5.26 Å². The van der Waals surface area contributed by atoms with Crippen LogP contribution in [0.4, 0.5) is 0 Å². The molecule has 0 spiro atoms. The number of imidazole rings is 1. The number of nitriles is 1. The number of hydrogen-bond acceptors (Lipinski definition) is 3. The number of nitrogens with zero attached hydrogens (tertiary/aromatic N) is 3. The molecule has 16 heavy (non-hydrogen) atoms. The van der Waals surface area contributed by atoms with E-state index in [1.165, 1.54) is 0 Å². The van der Waals surface area contributed by atoms with Crippen LogP contribution < -0.4 is 5.32 Å². The molecule has 0 saturated carbocycles. The van der Waals surface area contributed by atoms with E-state index in [9.17, 15) is 0 Å². The average molecular weight is 220 g/mol. The summed E-state index contributed by atoms with van der Waals surface area (Å²) in [6.45, 7) is 8.61. The number of hydrogen-bond donors (Lipinski definition) is 1. The summed E-state index contributed by atoms with van der Waals surface area (Å²) in [5.41, 5.74) is 0.795. The number of rotatable bonds is 6. The van der Waals surface area contributed by atoms with Gasteiger partial charge in [0.25, 0.3) is 0 Å². The Balaban J connectivity index is 2.44. The molecule has 0 amide bonds. The SMILES string of the molecule is CCNCc1cn(CCC(C)(C)C#N)cn1. The Labute approximate surface area is 97.3 Å². The molecule has 0 fully saturated rings. The third kappa shape index (κ3) is 4.03. The van der Waals surface area contributed by atoms with Crippen molar-refractivity contribution in [1.82, 2.24) is 14.9 Å². The number of aromatic nitrogens is 2. The summed E-state index contributed by atoms with van der Waals surface area (Å²) in [4.78, 5) is 4.30. The van der Waals surface area contributed by atoms with E-state index in [4.69, 9.17) is 5.26 Å². The molecule has 1 N–H and O–H groups in total. The molecule has 1 rings (SSSR count). The summed E-state index contributed by atoms with van der Waals surface area (Å²) in [5, 5.41) is 12.1. The Morgan fingerprint density at radius 3 is 2.94 bits per heavy atom. The van der Waals surface area contributed by atoms with Gasteiger partial charge in [-0.25, -0.2) is 4.98 Å². The van der Waals surface area contributed by atoms with E-state index in [0.717, 1.165) is 31.7 Å². The maximum Gasteiger partial charge on any atom is 0.0949 e. The molecular formula is C12H20N4. The number of aryl methyl sites for hydroxylation is 1. The lowest BCUT2D eigenvalue weighted by atomic mass is 9.91. The van der Waals surface area contributed by atoms with Crippen molar-refractivity contribution in [3.63, 3.8) is 0 Å². The lowest BCUT2D eigenvalue weighted by Crippen LogP contribution is -2.12. The van der Waals surface area contributed by atoms with Crippen LogP contribution in [0.3, 0.4) is 0 Å². The first kappa shape index (κ1) is 12.7. The second kappa shape index (κ2) is 5.66. The number of nitrogens with one attached hydrogen (secondary N) is 1. The normalized spacial score (nSPS) is 11.4. The first-order valence-corrected chi connectivity index (χ1v) is 5.70. The highest BCUT2D eigenvalue weighted by Crippen LogP contribution is 2.19. The van der Waals surface area contributed by atoms with E-state index in [1.807, 2.05) is 30.9 Å². The molecule has 4 heteroatoms. The maximum atomic E-state index is 8.91. The molecule has 1 aromatic rings. The minimum absolute atomic E-state index is 0.258. The highest BCUT2D eigenvalue weighted by Gasteiger charge is 2.16. The second-order valence-electron chi connectivity index (χ2n) is 4.63. The molecule has 1 heterocycles. The predicted molar refractivity (Wildman–Crippen MR) is 63.6 cm³/mol. The van der Waals surface area contributed by atoms with Crippen molar-refractivity contribution in [1.29, 1.82) is 5.26 Å². The van der Waals surface area contributed by atoms with Crippen LogP contribution in [0.1, 0.15) is 32.9 Å². The molecule has 0 aromatic carbocycles. The van der Waals surface area contributed by atoms with E-state index < -0.39 is 0 Å². The van der Waals surface area contributed by atoms with Crippen LogP contribution in [-0.4, -0.2) is 16.1 Å². The second-order valence-corrected chi connectivity index (χ2v) is 4.63. The standard InChI is InChI=1S/C12H20N4/c1-4-14-7-11-8-16(10-15-11)6-5-12(2,3)9-13/h8,10,14H,4-7H2,1-3H3. The Morgan fingerprint density at radius 2 is 2.31 bits per heavy atom. The lowest BCUT2D eigenvalue weighted by Gasteiger charge is -2.14. The highest BCUT2D eigenvalue weighted by atomic mass is 15.0. The van der Waals surface area contributed by atoms with Gasteiger partial charge in [-0.05, 0) is 26.8 Å². The van der Waals surface area contributed by atoms with E-state index >= 15 is 0 Å². The first-order valence-electron chi connectivity index (χ1n) is 5.70. The zero-order chi connectivity index (χ0) is 12.0. The van der Waals surface area contributed by atoms with Crippen LogP contribution in [0, 0.1) is 16.7 Å². The highest BCUT2D eigenvalue weighted by molar-refractivity contribution is 4.97. The van der Waals surface area contributed by atoms with E-state index in [2.05, 4.69) is 23.3 Å². The van der Waals surface area contributed by atoms with Crippen molar-refractivity contribution >= 4 is 0 Å². The smallest absolute Gasteiger partial charge is 0.0949 e. The van der Waals surface area contributed by atoms with E-state index in [0.29, 0.717) is 0 Å². The van der Waals surface area contributed by atoms with Crippen LogP contribution in [0.25, 0.3) is 0 Å². The van der Waals surface area contributed by atoms with Gasteiger partial charge in [0, 0.05) is 19.3 Å². The minimum Gasteiger partial charge on any atom is -0.337 e. The topological polar surface area (TPSA) is 53.6 Å². The summed E-state index contributed by atoms with van der Waals surface area (Å²) in [6.07, 6.45) is 4.72. The summed E-state index contributed by atoms with van der Waals surface area (Å²) >= 11 is 0. The molecule has 0 aliphatic heterocycles. The Bertz CT molecular complexity index is 359. The molecule has 0 atom stereocenters. The van der Waals surface area contributed by atoms with Crippen molar-refractivity contribution < 1.29 is 0 Å². The van der Waals surface area contributed by atoms with Crippen LogP contribution in [0.15, 0.2) is 12.5 Å². The zero-order valence-electron chi connectivity index (χ0n) is 10.3. The van der Waals surface area contributed by atoms with Crippen molar-refractivity contribution in [3.05, 3.63) is 18.2 Å². The third-order valence-electron chi connectivity index (χ3n) is 2.54. The van der Waals surface area contributed by atoms with Gasteiger partial charge in [-0.3, -0.25) is 0 Å². The molecule has 0 aliphatic rings. The van der Waals surface area contributed by atoms with Crippen molar-refractivity contribution in [2.75, 3.05) is 6.54 Å². The van der Waals surface area contributed by atoms with Crippen LogP contribution in [0.5, 0.6) is 0 Å². The summed E-state index contributed by atoms with van der Waals surface area (Å²) in [7, 11) is 0. The third-order valence-corrected chi connectivity index (χ3v) is 2.54. The van der Waals surface area contributed by atoms with E-state index in [1.54, 1.807) is 0 Å². The Hall–Kier alpha value is -1.34. The van der Waals surface area contributed by atoms with Gasteiger partial charge in [0.2, 0.25) is 0 Å². The van der Waals surface area contributed by atoms with Crippen molar-refractivity contribution in [2.45, 2.75) is 40.3 Å². The predicted octanol–water partition coefficient (Wildman–Crippen LogP) is 1.93. The van der Waals surface area contributed by atoms with Crippen LogP contribution in [0.2, 0.25) is 0 Å². The van der Waals surface area contributed by atoms with Gasteiger partial charge in [0.15, 0.2) is 0 Å². The lowest BCUT2D eigenvalue weighted by molar-refractivity contribution is 0.413. The average Bonchev–Trinajstić information content (AvgIpc) is 2.72. The molecule has 0 aliphatic carbocycles. The van der Waals surface area contributed by atoms with Gasteiger partial charge < -0.3 is 9.88 Å². The molecule has 0 radical (unpaired) electrons.